The van der Waals surface area contributed by atoms with Gasteiger partial charge in [0.25, 0.3) is 0 Å². The average Bonchev–Trinajstić information content (AvgIpc) is 3.26. The fraction of sp³-hybridized carbons (Fsp3) is 0.516. The predicted molar refractivity (Wildman–Crippen MR) is 148 cm³/mol. The maximum atomic E-state index is 12.8. The highest BCUT2D eigenvalue weighted by Gasteiger charge is 2.35. The molecule has 0 bridgehead atoms. The van der Waals surface area contributed by atoms with E-state index in [1.165, 1.54) is 5.39 Å². The number of carbonyl (C=O) groups is 2. The summed E-state index contributed by atoms with van der Waals surface area (Å²) in [7, 11) is 0. The van der Waals surface area contributed by atoms with Crippen molar-refractivity contribution in [3.8, 4) is 11.5 Å². The van der Waals surface area contributed by atoms with Crippen LogP contribution in [0.5, 0.6) is 0 Å². The normalized spacial score (nSPS) is 15.4. The van der Waals surface area contributed by atoms with Crippen molar-refractivity contribution in [3.63, 3.8) is 0 Å². The lowest BCUT2D eigenvalue weighted by Gasteiger charge is -2.35. The van der Waals surface area contributed by atoms with Gasteiger partial charge in [-0.25, -0.2) is 9.78 Å². The molecular formula is C31H40N2O5. The summed E-state index contributed by atoms with van der Waals surface area (Å²) < 4.78 is 17.2. The van der Waals surface area contributed by atoms with E-state index >= 15 is 0 Å². The van der Waals surface area contributed by atoms with Gasteiger partial charge in [0.15, 0.2) is 0 Å². The Kier molecular flexibility index (Phi) is 8.75. The van der Waals surface area contributed by atoms with Crippen LogP contribution >= 0.6 is 0 Å². The lowest BCUT2D eigenvalue weighted by molar-refractivity contribution is -0.163. The number of fused-ring (bicyclic) bond motifs is 1. The smallest absolute Gasteiger partial charge is 0.409 e. The number of rotatable bonds is 8. The standard InChI is InChI=1S/C31H40N2O5/c1-6-9-26(29(34)38-31(3,4)5)23-14-17-33(18-15-23)30(35)36-19-16-27-21(2)37-28(32-27)25-13-12-22-10-7-8-11-24(22)20-25/h7-8,10-13,20,23,26H,6,9,14-19H2,1-5H3. The zero-order valence-electron chi connectivity index (χ0n) is 23.3. The summed E-state index contributed by atoms with van der Waals surface area (Å²) in [5.74, 6) is 1.29. The molecule has 0 N–H and O–H groups in total. The molecule has 38 heavy (non-hydrogen) atoms. The Labute approximate surface area is 225 Å². The second-order valence-corrected chi connectivity index (χ2v) is 11.2. The summed E-state index contributed by atoms with van der Waals surface area (Å²) in [4.78, 5) is 31.9. The molecule has 1 saturated heterocycles. The third-order valence-corrected chi connectivity index (χ3v) is 7.13. The maximum absolute atomic E-state index is 12.8. The molecule has 0 saturated carbocycles. The van der Waals surface area contributed by atoms with Gasteiger partial charge in [0.05, 0.1) is 18.2 Å². The molecule has 1 unspecified atom stereocenters. The van der Waals surface area contributed by atoms with Gasteiger partial charge < -0.3 is 18.8 Å². The van der Waals surface area contributed by atoms with Crippen LogP contribution < -0.4 is 0 Å². The summed E-state index contributed by atoms with van der Waals surface area (Å²) >= 11 is 0. The molecule has 0 aliphatic carbocycles. The van der Waals surface area contributed by atoms with Gasteiger partial charge in [-0.2, -0.15) is 0 Å². The number of ether oxygens (including phenoxy) is 2. The molecule has 2 aromatic carbocycles. The van der Waals surface area contributed by atoms with Crippen molar-refractivity contribution >= 4 is 22.8 Å². The highest BCUT2D eigenvalue weighted by Crippen LogP contribution is 2.31. The molecule has 1 fully saturated rings. The minimum Gasteiger partial charge on any atom is -0.460 e. The van der Waals surface area contributed by atoms with Gasteiger partial charge in [0.2, 0.25) is 5.89 Å². The lowest BCUT2D eigenvalue weighted by Crippen LogP contribution is -2.42. The molecule has 7 heteroatoms. The molecule has 1 atom stereocenters. The number of benzene rings is 2. The summed E-state index contributed by atoms with van der Waals surface area (Å²) in [5, 5.41) is 2.30. The second kappa shape index (κ2) is 12.0. The zero-order chi connectivity index (χ0) is 27.3. The van der Waals surface area contributed by atoms with Crippen LogP contribution in [0.15, 0.2) is 46.9 Å². The van der Waals surface area contributed by atoms with Crippen LogP contribution in [0.1, 0.15) is 64.8 Å². The Morgan fingerprint density at radius 1 is 1.11 bits per heavy atom. The first-order valence-corrected chi connectivity index (χ1v) is 13.7. The number of oxazole rings is 1. The Balaban J connectivity index is 1.27. The largest absolute Gasteiger partial charge is 0.460 e. The molecule has 7 nitrogen and oxygen atoms in total. The minimum absolute atomic E-state index is 0.119. The molecule has 1 aliphatic heterocycles. The quantitative estimate of drug-likeness (QED) is 0.299. The monoisotopic (exact) mass is 520 g/mol. The third kappa shape index (κ3) is 6.94. The molecule has 3 aromatic rings. The highest BCUT2D eigenvalue weighted by atomic mass is 16.6. The number of aryl methyl sites for hydroxylation is 1. The molecule has 1 aromatic heterocycles. The van der Waals surface area contributed by atoms with E-state index in [0.29, 0.717) is 25.4 Å². The maximum Gasteiger partial charge on any atom is 0.409 e. The molecule has 0 spiro atoms. The van der Waals surface area contributed by atoms with Crippen LogP contribution in [0.25, 0.3) is 22.2 Å². The van der Waals surface area contributed by atoms with E-state index in [1.54, 1.807) is 4.90 Å². The van der Waals surface area contributed by atoms with Crippen molar-refractivity contribution in [2.24, 2.45) is 11.8 Å². The fourth-order valence-corrected chi connectivity index (χ4v) is 5.15. The minimum atomic E-state index is -0.494. The first-order valence-electron chi connectivity index (χ1n) is 13.7. The number of esters is 1. The summed E-state index contributed by atoms with van der Waals surface area (Å²) in [5.41, 5.74) is 1.22. The molecule has 1 amide bonds. The van der Waals surface area contributed by atoms with Crippen LogP contribution in [0.2, 0.25) is 0 Å². The van der Waals surface area contributed by atoms with Crippen LogP contribution in [-0.4, -0.2) is 47.2 Å². The molecule has 204 valence electrons. The first-order chi connectivity index (χ1) is 18.1. The Hall–Kier alpha value is -3.35. The third-order valence-electron chi connectivity index (χ3n) is 7.13. The Bertz CT molecular complexity index is 1250. The number of aromatic nitrogens is 1. The first kappa shape index (κ1) is 27.7. The van der Waals surface area contributed by atoms with Gasteiger partial charge in [-0.15, -0.1) is 0 Å². The molecular weight excluding hydrogens is 480 g/mol. The van der Waals surface area contributed by atoms with Crippen LogP contribution in [-0.2, 0) is 20.7 Å². The van der Waals surface area contributed by atoms with E-state index in [-0.39, 0.29) is 30.5 Å². The lowest BCUT2D eigenvalue weighted by atomic mass is 9.81. The highest BCUT2D eigenvalue weighted by molar-refractivity contribution is 5.86. The van der Waals surface area contributed by atoms with E-state index in [2.05, 4.69) is 36.2 Å². The van der Waals surface area contributed by atoms with Gasteiger partial charge in [0, 0.05) is 25.1 Å². The van der Waals surface area contributed by atoms with E-state index in [4.69, 9.17) is 13.9 Å². The average molecular weight is 521 g/mol. The number of carbonyl (C=O) groups excluding carboxylic acids is 2. The SMILES string of the molecule is CCCC(C(=O)OC(C)(C)C)C1CCN(C(=O)OCCc2nc(-c3ccc4ccccc4c3)oc2C)CC1. The van der Waals surface area contributed by atoms with E-state index < -0.39 is 5.60 Å². The molecule has 4 rings (SSSR count). The zero-order valence-corrected chi connectivity index (χ0v) is 23.3. The fourth-order valence-electron chi connectivity index (χ4n) is 5.15. The van der Waals surface area contributed by atoms with Gasteiger partial charge in [-0.1, -0.05) is 43.7 Å². The number of hydrogen-bond donors (Lipinski definition) is 0. The van der Waals surface area contributed by atoms with Gasteiger partial charge >= 0.3 is 12.1 Å². The predicted octanol–water partition coefficient (Wildman–Crippen LogP) is 6.95. The van der Waals surface area contributed by atoms with E-state index in [9.17, 15) is 9.59 Å². The molecule has 0 radical (unpaired) electrons. The molecule has 1 aliphatic rings. The van der Waals surface area contributed by atoms with Crippen molar-refractivity contribution in [1.82, 2.24) is 9.88 Å². The number of likely N-dealkylation sites (tertiary alicyclic amines) is 1. The van der Waals surface area contributed by atoms with E-state index in [0.717, 1.165) is 48.1 Å². The van der Waals surface area contributed by atoms with Crippen molar-refractivity contribution in [1.29, 1.82) is 0 Å². The van der Waals surface area contributed by atoms with Crippen LogP contribution in [0.3, 0.4) is 0 Å². The summed E-state index contributed by atoms with van der Waals surface area (Å²) in [6, 6.07) is 14.3. The van der Waals surface area contributed by atoms with Crippen molar-refractivity contribution in [3.05, 3.63) is 53.9 Å². The Morgan fingerprint density at radius 2 is 1.82 bits per heavy atom. The van der Waals surface area contributed by atoms with Gasteiger partial charge in [-0.3, -0.25) is 4.79 Å². The van der Waals surface area contributed by atoms with Gasteiger partial charge in [0.1, 0.15) is 11.4 Å². The van der Waals surface area contributed by atoms with Crippen LogP contribution in [0.4, 0.5) is 4.79 Å². The molecule has 2 heterocycles. The summed E-state index contributed by atoms with van der Waals surface area (Å²) in [6.45, 7) is 11.1. The topological polar surface area (TPSA) is 81.9 Å². The van der Waals surface area contributed by atoms with Crippen molar-refractivity contribution in [2.75, 3.05) is 19.7 Å². The Morgan fingerprint density at radius 3 is 2.50 bits per heavy atom. The summed E-state index contributed by atoms with van der Waals surface area (Å²) in [6.07, 6.45) is 3.46. The van der Waals surface area contributed by atoms with Gasteiger partial charge in [-0.05, 0) is 75.8 Å². The second-order valence-electron chi connectivity index (χ2n) is 11.2. The van der Waals surface area contributed by atoms with Crippen molar-refractivity contribution < 1.29 is 23.5 Å². The number of nitrogens with zero attached hydrogens (tertiary/aromatic N) is 2. The van der Waals surface area contributed by atoms with E-state index in [1.807, 2.05) is 45.9 Å². The number of amides is 1. The van der Waals surface area contributed by atoms with Crippen molar-refractivity contribution in [2.45, 2.75) is 72.3 Å². The number of piperidine rings is 1. The number of hydrogen-bond acceptors (Lipinski definition) is 6. The van der Waals surface area contributed by atoms with Crippen LogP contribution in [0, 0.1) is 18.8 Å².